The fourth-order valence-corrected chi connectivity index (χ4v) is 4.03. The van der Waals surface area contributed by atoms with Crippen LogP contribution in [0.15, 0.2) is 41.7 Å². The number of aromatic amines is 2. The first kappa shape index (κ1) is 16.7. The summed E-state index contributed by atoms with van der Waals surface area (Å²) in [6.45, 7) is 0.931. The summed E-state index contributed by atoms with van der Waals surface area (Å²) >= 11 is 0. The van der Waals surface area contributed by atoms with Crippen LogP contribution in [0.2, 0.25) is 0 Å². The maximum atomic E-state index is 13.4. The molecule has 9 heteroatoms. The van der Waals surface area contributed by atoms with Crippen molar-refractivity contribution in [2.75, 3.05) is 13.1 Å². The Morgan fingerprint density at radius 1 is 1.29 bits per heavy atom. The molecule has 0 saturated carbocycles. The molecule has 1 fully saturated rings. The van der Waals surface area contributed by atoms with E-state index in [-0.39, 0.29) is 23.2 Å². The first-order chi connectivity index (χ1) is 13.6. The van der Waals surface area contributed by atoms with Crippen LogP contribution >= 0.6 is 0 Å². The normalized spacial score (nSPS) is 17.5. The number of aromatic nitrogens is 5. The van der Waals surface area contributed by atoms with Crippen LogP contribution < -0.4 is 5.69 Å². The molecule has 1 aliphatic heterocycles. The summed E-state index contributed by atoms with van der Waals surface area (Å²) in [5.41, 5.74) is 2.13. The Balaban J connectivity index is 1.53. The Hall–Kier alpha value is -3.49. The van der Waals surface area contributed by atoms with E-state index >= 15 is 0 Å². The van der Waals surface area contributed by atoms with E-state index in [0.717, 1.165) is 29.9 Å². The number of nitrogens with zero attached hydrogens (tertiary/aromatic N) is 4. The number of carbonyl (C=O) groups is 1. The third kappa shape index (κ3) is 2.58. The number of fused-ring (bicyclic) bond motifs is 3. The maximum absolute atomic E-state index is 13.4. The fraction of sp³-hybridized carbons (Fsp3) is 0.263. The highest BCUT2D eigenvalue weighted by Gasteiger charge is 2.28. The number of pyridine rings is 2. The van der Waals surface area contributed by atoms with Gasteiger partial charge in [-0.1, -0.05) is 0 Å². The molecule has 4 aromatic rings. The SMILES string of the molecule is O=C(c1cncc(F)c1)N1CCC[C@@H](n2c(=O)[nH]c3cnc4[nH]ccc4c32)C1. The molecule has 0 radical (unpaired) electrons. The zero-order valence-corrected chi connectivity index (χ0v) is 14.9. The van der Waals surface area contributed by atoms with Gasteiger partial charge in [0, 0.05) is 30.9 Å². The summed E-state index contributed by atoms with van der Waals surface area (Å²) < 4.78 is 15.2. The van der Waals surface area contributed by atoms with Gasteiger partial charge >= 0.3 is 5.69 Å². The second kappa shape index (κ2) is 6.29. The molecule has 0 unspecified atom stereocenters. The number of nitrogens with one attached hydrogen (secondary N) is 2. The number of carbonyl (C=O) groups excluding carboxylic acids is 1. The monoisotopic (exact) mass is 380 g/mol. The van der Waals surface area contributed by atoms with Gasteiger partial charge in [-0.15, -0.1) is 0 Å². The zero-order valence-electron chi connectivity index (χ0n) is 14.9. The fourth-order valence-electron chi connectivity index (χ4n) is 4.03. The van der Waals surface area contributed by atoms with Crippen molar-refractivity contribution in [3.8, 4) is 0 Å². The van der Waals surface area contributed by atoms with Gasteiger partial charge in [0.2, 0.25) is 0 Å². The molecule has 8 nitrogen and oxygen atoms in total. The molecule has 0 spiro atoms. The molecular formula is C19H17FN6O2. The second-order valence-electron chi connectivity index (χ2n) is 7.00. The first-order valence-corrected chi connectivity index (χ1v) is 9.08. The molecule has 5 rings (SSSR count). The quantitative estimate of drug-likeness (QED) is 0.557. The Morgan fingerprint density at radius 3 is 3.04 bits per heavy atom. The molecule has 4 aromatic heterocycles. The van der Waals surface area contributed by atoms with Gasteiger partial charge in [0.25, 0.3) is 5.91 Å². The van der Waals surface area contributed by atoms with Crippen LogP contribution in [0, 0.1) is 5.82 Å². The van der Waals surface area contributed by atoms with Gasteiger partial charge in [0.05, 0.1) is 35.0 Å². The van der Waals surface area contributed by atoms with E-state index < -0.39 is 5.82 Å². The van der Waals surface area contributed by atoms with E-state index in [2.05, 4.69) is 19.9 Å². The highest BCUT2D eigenvalue weighted by Crippen LogP contribution is 2.28. The highest BCUT2D eigenvalue weighted by atomic mass is 19.1. The van der Waals surface area contributed by atoms with Gasteiger partial charge in [-0.25, -0.2) is 14.2 Å². The largest absolute Gasteiger partial charge is 0.346 e. The van der Waals surface area contributed by atoms with Crippen LogP contribution in [0.5, 0.6) is 0 Å². The smallest absolute Gasteiger partial charge is 0.326 e. The number of rotatable bonds is 2. The summed E-state index contributed by atoms with van der Waals surface area (Å²) in [7, 11) is 0. The minimum absolute atomic E-state index is 0.180. The van der Waals surface area contributed by atoms with Gasteiger partial charge in [0.15, 0.2) is 0 Å². The molecule has 0 aliphatic carbocycles. The number of hydrogen-bond donors (Lipinski definition) is 2. The van der Waals surface area contributed by atoms with Gasteiger partial charge in [-0.3, -0.25) is 14.3 Å². The van der Waals surface area contributed by atoms with Crippen LogP contribution in [0.4, 0.5) is 4.39 Å². The van der Waals surface area contributed by atoms with Gasteiger partial charge < -0.3 is 14.9 Å². The molecule has 28 heavy (non-hydrogen) atoms. The molecule has 5 heterocycles. The molecular weight excluding hydrogens is 363 g/mol. The number of halogens is 1. The average molecular weight is 380 g/mol. The minimum Gasteiger partial charge on any atom is -0.346 e. The van der Waals surface area contributed by atoms with Crippen molar-refractivity contribution in [1.82, 2.24) is 29.4 Å². The third-order valence-corrected chi connectivity index (χ3v) is 5.26. The van der Waals surface area contributed by atoms with Crippen molar-refractivity contribution in [3.63, 3.8) is 0 Å². The topological polar surface area (TPSA) is 99.7 Å². The van der Waals surface area contributed by atoms with Crippen molar-refractivity contribution >= 4 is 28.0 Å². The number of H-pyrrole nitrogens is 2. The standard InChI is InChI=1S/C19H17FN6O2/c20-12-6-11(7-21-8-12)18(27)25-5-1-2-13(10-25)26-16-14-3-4-22-17(14)23-9-15(16)24-19(26)28/h3-4,6-9,13H,1-2,5,10H2,(H,22,23)(H,24,28)/t13-/m1/s1. The summed E-state index contributed by atoms with van der Waals surface area (Å²) in [5, 5.41) is 0.855. The highest BCUT2D eigenvalue weighted by molar-refractivity contribution is 6.01. The van der Waals surface area contributed by atoms with Crippen molar-refractivity contribution in [1.29, 1.82) is 0 Å². The van der Waals surface area contributed by atoms with Crippen molar-refractivity contribution in [2.45, 2.75) is 18.9 Å². The minimum atomic E-state index is -0.547. The molecule has 1 saturated heterocycles. The molecule has 1 amide bonds. The lowest BCUT2D eigenvalue weighted by atomic mass is 10.0. The summed E-state index contributed by atoms with van der Waals surface area (Å²) in [5.74, 6) is -0.826. The van der Waals surface area contributed by atoms with E-state index in [1.54, 1.807) is 21.9 Å². The first-order valence-electron chi connectivity index (χ1n) is 9.08. The van der Waals surface area contributed by atoms with Gasteiger partial charge in [-0.2, -0.15) is 0 Å². The van der Waals surface area contributed by atoms with Crippen LogP contribution in [0.3, 0.4) is 0 Å². The third-order valence-electron chi connectivity index (χ3n) is 5.26. The Kier molecular flexibility index (Phi) is 3.75. The Morgan fingerprint density at radius 2 is 2.18 bits per heavy atom. The maximum Gasteiger partial charge on any atom is 0.326 e. The average Bonchev–Trinajstić information content (AvgIpc) is 3.30. The molecule has 142 valence electrons. The summed E-state index contributed by atoms with van der Waals surface area (Å²) in [4.78, 5) is 41.1. The van der Waals surface area contributed by atoms with E-state index in [9.17, 15) is 14.0 Å². The molecule has 1 atom stereocenters. The summed E-state index contributed by atoms with van der Waals surface area (Å²) in [6.07, 6.45) is 7.37. The molecule has 2 N–H and O–H groups in total. The molecule has 1 aliphatic rings. The lowest BCUT2D eigenvalue weighted by molar-refractivity contribution is 0.0679. The van der Waals surface area contributed by atoms with E-state index in [1.807, 2.05) is 6.07 Å². The van der Waals surface area contributed by atoms with Crippen molar-refractivity contribution in [3.05, 3.63) is 58.8 Å². The number of piperidine rings is 1. The van der Waals surface area contributed by atoms with E-state index in [1.165, 1.54) is 12.3 Å². The zero-order chi connectivity index (χ0) is 19.3. The van der Waals surface area contributed by atoms with Crippen LogP contribution in [-0.2, 0) is 0 Å². The van der Waals surface area contributed by atoms with Gasteiger partial charge in [0.1, 0.15) is 11.5 Å². The molecule has 0 aromatic carbocycles. The Bertz CT molecular complexity index is 1260. The van der Waals surface area contributed by atoms with Crippen molar-refractivity contribution in [2.24, 2.45) is 0 Å². The number of imidazole rings is 1. The van der Waals surface area contributed by atoms with Crippen molar-refractivity contribution < 1.29 is 9.18 Å². The Labute approximate surface area is 158 Å². The van der Waals surface area contributed by atoms with Crippen LogP contribution in [0.1, 0.15) is 29.2 Å². The number of hydrogen-bond acceptors (Lipinski definition) is 4. The predicted molar refractivity (Wildman–Crippen MR) is 101 cm³/mol. The van der Waals surface area contributed by atoms with E-state index in [4.69, 9.17) is 0 Å². The van der Waals surface area contributed by atoms with Crippen LogP contribution in [0.25, 0.3) is 22.1 Å². The predicted octanol–water partition coefficient (Wildman–Crippen LogP) is 2.22. The van der Waals surface area contributed by atoms with Gasteiger partial charge in [-0.05, 0) is 25.0 Å². The lowest BCUT2D eigenvalue weighted by Gasteiger charge is -2.33. The van der Waals surface area contributed by atoms with Crippen LogP contribution in [-0.4, -0.2) is 48.4 Å². The molecule has 0 bridgehead atoms. The number of amides is 1. The lowest BCUT2D eigenvalue weighted by Crippen LogP contribution is -2.42. The summed E-state index contributed by atoms with van der Waals surface area (Å²) in [6, 6.07) is 2.89. The number of likely N-dealkylation sites (tertiary alicyclic amines) is 1. The van der Waals surface area contributed by atoms with E-state index in [0.29, 0.717) is 24.3 Å². The second-order valence-corrected chi connectivity index (χ2v) is 7.00.